The van der Waals surface area contributed by atoms with E-state index in [1.807, 2.05) is 6.92 Å². The van der Waals surface area contributed by atoms with Crippen LogP contribution >= 0.6 is 27.7 Å². The summed E-state index contributed by atoms with van der Waals surface area (Å²) in [6.45, 7) is 2.02. The number of halogens is 1. The third kappa shape index (κ3) is 3.33. The first-order valence-corrected chi connectivity index (χ1v) is 6.23. The Balaban J connectivity index is 2.85. The van der Waals surface area contributed by atoms with Gasteiger partial charge in [-0.15, -0.1) is 11.8 Å². The Morgan fingerprint density at radius 2 is 2.23 bits per heavy atom. The van der Waals surface area contributed by atoms with Crippen molar-refractivity contribution in [2.75, 3.05) is 6.26 Å². The summed E-state index contributed by atoms with van der Waals surface area (Å²) in [4.78, 5) is 1.28. The van der Waals surface area contributed by atoms with Crippen LogP contribution in [0.4, 0.5) is 0 Å². The number of hydrogen-bond donors (Lipinski definition) is 1. The van der Waals surface area contributed by atoms with Crippen LogP contribution in [-0.4, -0.2) is 12.3 Å². The monoisotopic (exact) mass is 259 g/mol. The Bertz CT molecular complexity index is 286. The molecule has 0 heterocycles. The van der Waals surface area contributed by atoms with Crippen LogP contribution in [0.5, 0.6) is 0 Å². The molecule has 0 saturated carbocycles. The summed E-state index contributed by atoms with van der Waals surface area (Å²) in [7, 11) is 0. The minimum atomic E-state index is 0.219. The number of rotatable bonds is 3. The fourth-order valence-electron chi connectivity index (χ4n) is 1.17. The molecule has 1 aromatic carbocycles. The van der Waals surface area contributed by atoms with Gasteiger partial charge in [0, 0.05) is 15.4 Å². The van der Waals surface area contributed by atoms with Gasteiger partial charge in [-0.3, -0.25) is 0 Å². The molecule has 0 aliphatic carbocycles. The second-order valence-corrected chi connectivity index (χ2v) is 4.87. The Hall–Kier alpha value is 0.01000. The smallest absolute Gasteiger partial charge is 0.0219 e. The highest BCUT2D eigenvalue weighted by molar-refractivity contribution is 9.10. The van der Waals surface area contributed by atoms with Crippen LogP contribution in [-0.2, 0) is 6.42 Å². The first-order chi connectivity index (χ1) is 6.13. The summed E-state index contributed by atoms with van der Waals surface area (Å²) < 4.78 is 1.16. The normalized spacial score (nSPS) is 12.9. The van der Waals surface area contributed by atoms with E-state index in [4.69, 9.17) is 5.73 Å². The van der Waals surface area contributed by atoms with Gasteiger partial charge in [0.2, 0.25) is 0 Å². The van der Waals surface area contributed by atoms with E-state index in [1.165, 1.54) is 10.5 Å². The minimum Gasteiger partial charge on any atom is -0.328 e. The van der Waals surface area contributed by atoms with Gasteiger partial charge in [0.1, 0.15) is 0 Å². The van der Waals surface area contributed by atoms with Gasteiger partial charge in [0.25, 0.3) is 0 Å². The predicted molar refractivity (Wildman–Crippen MR) is 63.3 cm³/mol. The molecule has 2 N–H and O–H groups in total. The van der Waals surface area contributed by atoms with Gasteiger partial charge in [-0.2, -0.15) is 0 Å². The highest BCUT2D eigenvalue weighted by atomic mass is 79.9. The molecule has 0 saturated heterocycles. The maximum atomic E-state index is 5.74. The standard InChI is InChI=1S/C10H14BrNS/c1-7(12)5-8-3-4-9(13-2)6-10(8)11/h3-4,6-7H,5,12H2,1-2H3. The van der Waals surface area contributed by atoms with Crippen molar-refractivity contribution >= 4 is 27.7 Å². The lowest BCUT2D eigenvalue weighted by molar-refractivity contribution is 0.735. The van der Waals surface area contributed by atoms with E-state index in [1.54, 1.807) is 11.8 Å². The lowest BCUT2D eigenvalue weighted by atomic mass is 10.1. The molecule has 0 aliphatic heterocycles. The summed E-state index contributed by atoms with van der Waals surface area (Å²) in [5, 5.41) is 0. The molecule has 0 aliphatic rings. The molecule has 0 spiro atoms. The molecular weight excluding hydrogens is 246 g/mol. The zero-order valence-electron chi connectivity index (χ0n) is 7.88. The zero-order valence-corrected chi connectivity index (χ0v) is 10.3. The molecule has 72 valence electrons. The number of hydrogen-bond acceptors (Lipinski definition) is 2. The molecule has 1 aromatic rings. The Kier molecular flexibility index (Phi) is 4.29. The molecular formula is C10H14BrNS. The average molecular weight is 260 g/mol. The third-order valence-electron chi connectivity index (χ3n) is 1.80. The largest absolute Gasteiger partial charge is 0.328 e. The summed E-state index contributed by atoms with van der Waals surface area (Å²) >= 11 is 5.30. The van der Waals surface area contributed by atoms with E-state index < -0.39 is 0 Å². The quantitative estimate of drug-likeness (QED) is 0.845. The number of nitrogens with two attached hydrogens (primary N) is 1. The van der Waals surface area contributed by atoms with Crippen molar-refractivity contribution in [3.63, 3.8) is 0 Å². The van der Waals surface area contributed by atoms with Gasteiger partial charge in [-0.1, -0.05) is 22.0 Å². The Morgan fingerprint density at radius 3 is 2.69 bits per heavy atom. The van der Waals surface area contributed by atoms with Gasteiger partial charge in [-0.05, 0) is 37.3 Å². The van der Waals surface area contributed by atoms with Crippen molar-refractivity contribution < 1.29 is 0 Å². The van der Waals surface area contributed by atoms with Crippen molar-refractivity contribution in [1.82, 2.24) is 0 Å². The molecule has 1 atom stereocenters. The minimum absolute atomic E-state index is 0.219. The summed E-state index contributed by atoms with van der Waals surface area (Å²) in [6.07, 6.45) is 3.00. The Labute approximate surface area is 92.2 Å². The highest BCUT2D eigenvalue weighted by Gasteiger charge is 2.03. The van der Waals surface area contributed by atoms with Gasteiger partial charge in [0.05, 0.1) is 0 Å². The topological polar surface area (TPSA) is 26.0 Å². The van der Waals surface area contributed by atoms with Gasteiger partial charge in [0.15, 0.2) is 0 Å². The molecule has 0 fully saturated rings. The molecule has 0 radical (unpaired) electrons. The van der Waals surface area contributed by atoms with Crippen molar-refractivity contribution in [3.05, 3.63) is 28.2 Å². The fourth-order valence-corrected chi connectivity index (χ4v) is 2.30. The van der Waals surface area contributed by atoms with Crippen molar-refractivity contribution in [2.24, 2.45) is 5.73 Å². The second-order valence-electron chi connectivity index (χ2n) is 3.14. The van der Waals surface area contributed by atoms with Gasteiger partial charge in [-0.25, -0.2) is 0 Å². The SMILES string of the molecule is CSc1ccc(CC(C)N)c(Br)c1. The van der Waals surface area contributed by atoms with Crippen LogP contribution in [0.1, 0.15) is 12.5 Å². The van der Waals surface area contributed by atoms with E-state index in [9.17, 15) is 0 Å². The van der Waals surface area contributed by atoms with Crippen molar-refractivity contribution in [3.8, 4) is 0 Å². The number of benzene rings is 1. The summed E-state index contributed by atoms with van der Waals surface area (Å²) in [5.41, 5.74) is 7.02. The van der Waals surface area contributed by atoms with Crippen LogP contribution in [0.3, 0.4) is 0 Å². The number of thioether (sulfide) groups is 1. The van der Waals surface area contributed by atoms with Gasteiger partial charge < -0.3 is 5.73 Å². The average Bonchev–Trinajstić information content (AvgIpc) is 2.08. The van der Waals surface area contributed by atoms with Crippen LogP contribution in [0.25, 0.3) is 0 Å². The lowest BCUT2D eigenvalue weighted by Gasteiger charge is -2.08. The third-order valence-corrected chi connectivity index (χ3v) is 3.27. The lowest BCUT2D eigenvalue weighted by Crippen LogP contribution is -2.17. The van der Waals surface area contributed by atoms with Crippen molar-refractivity contribution in [1.29, 1.82) is 0 Å². The molecule has 1 unspecified atom stereocenters. The van der Waals surface area contributed by atoms with Crippen LogP contribution in [0.2, 0.25) is 0 Å². The fraction of sp³-hybridized carbons (Fsp3) is 0.400. The summed E-state index contributed by atoms with van der Waals surface area (Å²) in [5.74, 6) is 0. The van der Waals surface area contributed by atoms with Gasteiger partial charge >= 0.3 is 0 Å². The maximum Gasteiger partial charge on any atom is 0.0219 e. The molecule has 13 heavy (non-hydrogen) atoms. The van der Waals surface area contributed by atoms with Crippen LogP contribution in [0, 0.1) is 0 Å². The molecule has 3 heteroatoms. The maximum absolute atomic E-state index is 5.74. The van der Waals surface area contributed by atoms with E-state index >= 15 is 0 Å². The van der Waals surface area contributed by atoms with E-state index in [0.29, 0.717) is 0 Å². The highest BCUT2D eigenvalue weighted by Crippen LogP contribution is 2.24. The second kappa shape index (κ2) is 5.03. The molecule has 0 amide bonds. The van der Waals surface area contributed by atoms with Crippen LogP contribution < -0.4 is 5.73 Å². The van der Waals surface area contributed by atoms with E-state index in [-0.39, 0.29) is 6.04 Å². The molecule has 1 rings (SSSR count). The predicted octanol–water partition coefficient (Wildman–Crippen LogP) is 3.06. The first kappa shape index (κ1) is 11.1. The molecule has 0 aromatic heterocycles. The zero-order chi connectivity index (χ0) is 9.84. The first-order valence-electron chi connectivity index (χ1n) is 4.21. The van der Waals surface area contributed by atoms with E-state index in [0.717, 1.165) is 10.9 Å². The van der Waals surface area contributed by atoms with E-state index in [2.05, 4.69) is 40.4 Å². The van der Waals surface area contributed by atoms with Crippen LogP contribution in [0.15, 0.2) is 27.6 Å². The summed E-state index contributed by atoms with van der Waals surface area (Å²) in [6, 6.07) is 6.63. The molecule has 1 nitrogen and oxygen atoms in total. The molecule has 0 bridgehead atoms. The Morgan fingerprint density at radius 1 is 1.54 bits per heavy atom. The van der Waals surface area contributed by atoms with Crippen molar-refractivity contribution in [2.45, 2.75) is 24.3 Å².